The highest BCUT2D eigenvalue weighted by atomic mass is 19.1. The Labute approximate surface area is 180 Å². The van der Waals surface area contributed by atoms with E-state index in [0.29, 0.717) is 37.1 Å². The van der Waals surface area contributed by atoms with Gasteiger partial charge in [0.25, 0.3) is 11.8 Å². The molecule has 0 aliphatic rings. The summed E-state index contributed by atoms with van der Waals surface area (Å²) >= 11 is 0. The number of benzene rings is 2. The molecule has 2 aromatic carbocycles. The lowest BCUT2D eigenvalue weighted by Gasteiger charge is -2.18. The van der Waals surface area contributed by atoms with Gasteiger partial charge in [-0.2, -0.15) is 0 Å². The van der Waals surface area contributed by atoms with E-state index in [1.165, 1.54) is 37.3 Å². The summed E-state index contributed by atoms with van der Waals surface area (Å²) in [4.78, 5) is 24.8. The Balaban J connectivity index is 2.09. The van der Waals surface area contributed by atoms with Crippen LogP contribution in [0.5, 0.6) is 23.0 Å². The zero-order valence-electron chi connectivity index (χ0n) is 18.0. The Kier molecular flexibility index (Phi) is 8.93. The molecule has 31 heavy (non-hydrogen) atoms. The molecule has 9 heteroatoms. The number of carbonyl (C=O) groups excluding carboxylic acids is 2. The first-order valence-electron chi connectivity index (χ1n) is 9.98. The highest BCUT2D eigenvalue weighted by molar-refractivity contribution is 5.97. The molecule has 2 N–H and O–H groups in total. The smallest absolute Gasteiger partial charge is 0.279 e. The van der Waals surface area contributed by atoms with Gasteiger partial charge in [0.1, 0.15) is 0 Å². The average Bonchev–Trinajstić information content (AvgIpc) is 2.75. The van der Waals surface area contributed by atoms with Crippen LogP contribution in [0.15, 0.2) is 36.4 Å². The van der Waals surface area contributed by atoms with Crippen LogP contribution in [-0.4, -0.2) is 37.7 Å². The van der Waals surface area contributed by atoms with Crippen LogP contribution in [0, 0.1) is 5.82 Å². The van der Waals surface area contributed by atoms with Crippen LogP contribution in [-0.2, 0) is 4.79 Å². The Hall–Kier alpha value is -3.49. The molecule has 0 saturated heterocycles. The van der Waals surface area contributed by atoms with Crippen LogP contribution in [0.3, 0.4) is 0 Å². The van der Waals surface area contributed by atoms with Crippen molar-refractivity contribution in [2.75, 3.05) is 19.8 Å². The Bertz CT molecular complexity index is 878. The molecular formula is C22H27FN2O6. The van der Waals surface area contributed by atoms with Crippen LogP contribution in [0.4, 0.5) is 4.39 Å². The second kappa shape index (κ2) is 11.6. The highest BCUT2D eigenvalue weighted by Gasteiger charge is 2.20. The van der Waals surface area contributed by atoms with Gasteiger partial charge in [-0.3, -0.25) is 20.4 Å². The molecular weight excluding hydrogens is 407 g/mol. The van der Waals surface area contributed by atoms with Crippen molar-refractivity contribution in [1.82, 2.24) is 10.9 Å². The minimum absolute atomic E-state index is 0.0642. The fourth-order valence-electron chi connectivity index (χ4n) is 2.60. The summed E-state index contributed by atoms with van der Waals surface area (Å²) in [6.07, 6.45) is -1.05. The van der Waals surface area contributed by atoms with E-state index in [2.05, 4.69) is 10.9 Å². The molecule has 168 valence electrons. The fraction of sp³-hybridized carbons (Fsp3) is 0.364. The lowest BCUT2D eigenvalue weighted by atomic mass is 10.1. The molecule has 0 saturated carbocycles. The molecule has 0 fully saturated rings. The van der Waals surface area contributed by atoms with Crippen LogP contribution >= 0.6 is 0 Å². The summed E-state index contributed by atoms with van der Waals surface area (Å²) in [6.45, 7) is 7.98. The van der Waals surface area contributed by atoms with Gasteiger partial charge in [-0.15, -0.1) is 0 Å². The maximum absolute atomic E-state index is 13.7. The van der Waals surface area contributed by atoms with Crippen molar-refractivity contribution >= 4 is 11.8 Å². The van der Waals surface area contributed by atoms with E-state index < -0.39 is 23.7 Å². The van der Waals surface area contributed by atoms with E-state index >= 15 is 0 Å². The molecule has 1 atom stereocenters. The van der Waals surface area contributed by atoms with Gasteiger partial charge in [0.2, 0.25) is 5.75 Å². The second-order valence-corrected chi connectivity index (χ2v) is 6.23. The highest BCUT2D eigenvalue weighted by Crippen LogP contribution is 2.39. The number of carbonyl (C=O) groups is 2. The van der Waals surface area contributed by atoms with Gasteiger partial charge in [0.15, 0.2) is 29.2 Å². The molecule has 0 bridgehead atoms. The number of para-hydroxylation sites is 1. The molecule has 0 spiro atoms. The lowest BCUT2D eigenvalue weighted by molar-refractivity contribution is -0.128. The second-order valence-electron chi connectivity index (χ2n) is 6.23. The van der Waals surface area contributed by atoms with Gasteiger partial charge in [-0.05, 0) is 52.0 Å². The zero-order valence-corrected chi connectivity index (χ0v) is 18.0. The number of nitrogens with one attached hydrogen (secondary N) is 2. The van der Waals surface area contributed by atoms with E-state index in [1.807, 2.05) is 6.92 Å². The van der Waals surface area contributed by atoms with Crippen molar-refractivity contribution in [1.29, 1.82) is 0 Å². The third kappa shape index (κ3) is 6.50. The molecule has 1 unspecified atom stereocenters. The van der Waals surface area contributed by atoms with E-state index in [4.69, 9.17) is 18.9 Å². The van der Waals surface area contributed by atoms with Crippen LogP contribution < -0.4 is 29.8 Å². The fourth-order valence-corrected chi connectivity index (χ4v) is 2.60. The molecule has 2 amide bonds. The first-order chi connectivity index (χ1) is 14.9. The molecule has 0 radical (unpaired) electrons. The van der Waals surface area contributed by atoms with Crippen molar-refractivity contribution < 1.29 is 32.9 Å². The van der Waals surface area contributed by atoms with Crippen molar-refractivity contribution in [2.24, 2.45) is 0 Å². The number of amides is 2. The Morgan fingerprint density at radius 1 is 0.903 bits per heavy atom. The molecule has 2 aromatic rings. The minimum Gasteiger partial charge on any atom is -0.490 e. The van der Waals surface area contributed by atoms with Gasteiger partial charge < -0.3 is 18.9 Å². The molecule has 8 nitrogen and oxygen atoms in total. The largest absolute Gasteiger partial charge is 0.490 e. The third-order valence-electron chi connectivity index (χ3n) is 3.98. The number of hydrogen-bond acceptors (Lipinski definition) is 6. The van der Waals surface area contributed by atoms with Crippen molar-refractivity contribution in [2.45, 2.75) is 33.8 Å². The standard InChI is InChI=1S/C22H27FN2O6/c1-5-28-18-12-15(13-19(29-6-2)20(18)30-7-3)22(27)25-24-21(26)14(4)31-17-11-9-8-10-16(17)23/h8-14H,5-7H2,1-4H3,(H,24,26)(H,25,27). The van der Waals surface area contributed by atoms with Gasteiger partial charge in [0.05, 0.1) is 19.8 Å². The average molecular weight is 434 g/mol. The molecule has 0 aromatic heterocycles. The maximum Gasteiger partial charge on any atom is 0.279 e. The van der Waals surface area contributed by atoms with Crippen LogP contribution in [0.25, 0.3) is 0 Å². The first-order valence-corrected chi connectivity index (χ1v) is 9.98. The van der Waals surface area contributed by atoms with Crippen molar-refractivity contribution in [3.8, 4) is 23.0 Å². The van der Waals surface area contributed by atoms with Gasteiger partial charge in [-0.25, -0.2) is 4.39 Å². The van der Waals surface area contributed by atoms with Crippen molar-refractivity contribution in [3.05, 3.63) is 47.8 Å². The summed E-state index contributed by atoms with van der Waals surface area (Å²) in [5, 5.41) is 0. The SMILES string of the molecule is CCOc1cc(C(=O)NNC(=O)C(C)Oc2ccccc2F)cc(OCC)c1OCC. The molecule has 0 aliphatic carbocycles. The Morgan fingerprint density at radius 3 is 2.03 bits per heavy atom. The minimum atomic E-state index is -1.05. The zero-order chi connectivity index (χ0) is 22.8. The maximum atomic E-state index is 13.7. The van der Waals surface area contributed by atoms with Crippen molar-refractivity contribution in [3.63, 3.8) is 0 Å². The lowest BCUT2D eigenvalue weighted by Crippen LogP contribution is -2.47. The summed E-state index contributed by atoms with van der Waals surface area (Å²) in [5.41, 5.74) is 4.76. The van der Waals surface area contributed by atoms with E-state index in [-0.39, 0.29) is 11.3 Å². The normalized spacial score (nSPS) is 11.3. The molecule has 0 heterocycles. The van der Waals surface area contributed by atoms with Gasteiger partial charge in [0, 0.05) is 5.56 Å². The van der Waals surface area contributed by atoms with E-state index in [1.54, 1.807) is 19.9 Å². The quantitative estimate of drug-likeness (QED) is 0.558. The summed E-state index contributed by atoms with van der Waals surface area (Å²) in [6, 6.07) is 8.72. The monoisotopic (exact) mass is 434 g/mol. The van der Waals surface area contributed by atoms with E-state index in [9.17, 15) is 14.0 Å². The number of halogens is 1. The Morgan fingerprint density at radius 2 is 1.48 bits per heavy atom. The number of ether oxygens (including phenoxy) is 4. The number of hydrogen-bond donors (Lipinski definition) is 2. The summed E-state index contributed by atoms with van der Waals surface area (Å²) < 4.78 is 35.7. The van der Waals surface area contributed by atoms with Crippen LogP contribution in [0.2, 0.25) is 0 Å². The van der Waals surface area contributed by atoms with Gasteiger partial charge in [-0.1, -0.05) is 12.1 Å². The molecule has 2 rings (SSSR count). The number of rotatable bonds is 10. The predicted molar refractivity (Wildman–Crippen MR) is 112 cm³/mol. The summed E-state index contributed by atoms with van der Waals surface area (Å²) in [7, 11) is 0. The van der Waals surface area contributed by atoms with Crippen LogP contribution in [0.1, 0.15) is 38.1 Å². The van der Waals surface area contributed by atoms with E-state index in [0.717, 1.165) is 0 Å². The first kappa shape index (κ1) is 23.8. The number of hydrazine groups is 1. The third-order valence-corrected chi connectivity index (χ3v) is 3.98. The topological polar surface area (TPSA) is 95.1 Å². The predicted octanol–water partition coefficient (Wildman–Crippen LogP) is 3.25. The van der Waals surface area contributed by atoms with Gasteiger partial charge >= 0.3 is 0 Å². The molecule has 0 aliphatic heterocycles. The summed E-state index contributed by atoms with van der Waals surface area (Å²) in [5.74, 6) is -0.808.